The predicted molar refractivity (Wildman–Crippen MR) is 78.8 cm³/mol. The molecule has 2 nitrogen and oxygen atoms in total. The van der Waals surface area contributed by atoms with E-state index in [1.807, 2.05) is 0 Å². The van der Waals surface area contributed by atoms with Crippen LogP contribution in [0.3, 0.4) is 0 Å². The monoisotopic (exact) mass is 272 g/mol. The Kier molecular flexibility index (Phi) is 2.85. The third-order valence-electron chi connectivity index (χ3n) is 5.55. The summed E-state index contributed by atoms with van der Waals surface area (Å²) in [5.74, 6) is 2.71. The largest absolute Gasteiger partial charge is 0.487 e. The highest BCUT2D eigenvalue weighted by atomic mass is 16.5. The molecule has 3 atom stereocenters. The lowest BCUT2D eigenvalue weighted by Gasteiger charge is -2.46. The number of fused-ring (bicyclic) bond motifs is 1. The maximum atomic E-state index is 10.6. The highest BCUT2D eigenvalue weighted by Crippen LogP contribution is 2.52. The fraction of sp³-hybridized carbons (Fsp3) is 0.667. The van der Waals surface area contributed by atoms with Crippen LogP contribution in [0.4, 0.5) is 0 Å². The number of ether oxygens (including phenoxy) is 1. The molecule has 20 heavy (non-hydrogen) atoms. The molecule has 1 aromatic rings. The van der Waals surface area contributed by atoms with Crippen molar-refractivity contribution in [1.29, 1.82) is 0 Å². The molecular weight excluding hydrogens is 248 g/mol. The van der Waals surface area contributed by atoms with Gasteiger partial charge in [-0.05, 0) is 69.4 Å². The van der Waals surface area contributed by atoms with Crippen LogP contribution in [0.1, 0.15) is 62.2 Å². The second-order valence-corrected chi connectivity index (χ2v) is 7.24. The van der Waals surface area contributed by atoms with Gasteiger partial charge in [-0.2, -0.15) is 0 Å². The first-order valence-corrected chi connectivity index (χ1v) is 8.13. The number of rotatable bonds is 1. The van der Waals surface area contributed by atoms with E-state index in [0.717, 1.165) is 42.4 Å². The Bertz CT molecular complexity index is 520. The van der Waals surface area contributed by atoms with Crippen LogP contribution in [0.15, 0.2) is 18.2 Å². The van der Waals surface area contributed by atoms with E-state index in [1.54, 1.807) is 0 Å². The van der Waals surface area contributed by atoms with E-state index in [1.165, 1.54) is 31.2 Å². The molecule has 1 N–H and O–H groups in total. The number of hydrogen-bond acceptors (Lipinski definition) is 2. The molecule has 0 radical (unpaired) electrons. The van der Waals surface area contributed by atoms with Gasteiger partial charge in [0.25, 0.3) is 0 Å². The Balaban J connectivity index is 1.62. The molecule has 108 valence electrons. The lowest BCUT2D eigenvalue weighted by Crippen LogP contribution is -2.45. The van der Waals surface area contributed by atoms with Crippen LogP contribution in [0, 0.1) is 18.8 Å². The van der Waals surface area contributed by atoms with Gasteiger partial charge in [0.15, 0.2) is 0 Å². The van der Waals surface area contributed by atoms with E-state index in [0.29, 0.717) is 0 Å². The molecule has 0 bridgehead atoms. The van der Waals surface area contributed by atoms with E-state index in [4.69, 9.17) is 4.74 Å². The minimum absolute atomic E-state index is 0.0901. The van der Waals surface area contributed by atoms with Gasteiger partial charge in [0.2, 0.25) is 0 Å². The number of benzene rings is 1. The van der Waals surface area contributed by atoms with Crippen molar-refractivity contribution in [2.75, 3.05) is 0 Å². The molecule has 1 aliphatic heterocycles. The van der Waals surface area contributed by atoms with Gasteiger partial charge in [-0.25, -0.2) is 0 Å². The summed E-state index contributed by atoms with van der Waals surface area (Å²) in [5, 5.41) is 10.6. The maximum Gasteiger partial charge on any atom is 0.125 e. The zero-order valence-corrected chi connectivity index (χ0v) is 12.3. The molecule has 2 unspecified atom stereocenters. The summed E-state index contributed by atoms with van der Waals surface area (Å²) in [6.07, 6.45) is 8.16. The molecule has 4 rings (SSSR count). The fourth-order valence-corrected chi connectivity index (χ4v) is 4.37. The van der Waals surface area contributed by atoms with Crippen LogP contribution in [-0.4, -0.2) is 10.7 Å². The maximum absolute atomic E-state index is 10.6. The van der Waals surface area contributed by atoms with Crippen molar-refractivity contribution in [2.45, 2.75) is 63.6 Å². The molecule has 2 heteroatoms. The minimum Gasteiger partial charge on any atom is -0.487 e. The van der Waals surface area contributed by atoms with Crippen LogP contribution in [-0.2, 0) is 0 Å². The van der Waals surface area contributed by atoms with Crippen LogP contribution >= 0.6 is 0 Å². The Hall–Kier alpha value is -1.02. The van der Waals surface area contributed by atoms with E-state index in [9.17, 15) is 5.11 Å². The normalized spacial score (nSPS) is 36.5. The average molecular weight is 272 g/mol. The summed E-state index contributed by atoms with van der Waals surface area (Å²) in [6, 6.07) is 6.22. The molecule has 1 spiro atoms. The number of aryl methyl sites for hydroxylation is 1. The van der Waals surface area contributed by atoms with E-state index in [-0.39, 0.29) is 11.7 Å². The van der Waals surface area contributed by atoms with Crippen molar-refractivity contribution in [3.63, 3.8) is 0 Å². The third kappa shape index (κ3) is 2.14. The molecule has 2 aliphatic carbocycles. The van der Waals surface area contributed by atoms with Crippen LogP contribution in [0.25, 0.3) is 0 Å². The molecule has 0 aromatic heterocycles. The van der Waals surface area contributed by atoms with Crippen molar-refractivity contribution >= 4 is 0 Å². The smallest absolute Gasteiger partial charge is 0.125 e. The highest BCUT2D eigenvalue weighted by Gasteiger charge is 2.47. The van der Waals surface area contributed by atoms with E-state index >= 15 is 0 Å². The van der Waals surface area contributed by atoms with Crippen molar-refractivity contribution in [1.82, 2.24) is 0 Å². The standard InChI is InChI=1S/C18H24O2/c1-12-4-7-17-15(9-12)16(19)11-18(20-17)8-2-3-14(10-18)13-5-6-13/h4,7,9,13-14,16,19H,2-3,5-6,8,10-11H2,1H3/t14?,16-,18?/m1/s1. The Morgan fingerprint density at radius 2 is 2.00 bits per heavy atom. The Labute approximate surface area is 121 Å². The summed E-state index contributed by atoms with van der Waals surface area (Å²) in [4.78, 5) is 0. The van der Waals surface area contributed by atoms with Gasteiger partial charge in [0.05, 0.1) is 6.10 Å². The van der Waals surface area contributed by atoms with Gasteiger partial charge in [0.1, 0.15) is 11.4 Å². The molecule has 1 aromatic carbocycles. The number of aliphatic hydroxyl groups excluding tert-OH is 1. The van der Waals surface area contributed by atoms with Crippen molar-refractivity contribution in [2.24, 2.45) is 11.8 Å². The molecule has 0 saturated heterocycles. The molecule has 3 aliphatic rings. The molecule has 0 amide bonds. The van der Waals surface area contributed by atoms with Crippen molar-refractivity contribution < 1.29 is 9.84 Å². The van der Waals surface area contributed by atoms with Gasteiger partial charge in [-0.15, -0.1) is 0 Å². The Morgan fingerprint density at radius 1 is 1.15 bits per heavy atom. The second kappa shape index (κ2) is 4.49. The molecule has 2 saturated carbocycles. The zero-order valence-electron chi connectivity index (χ0n) is 12.3. The van der Waals surface area contributed by atoms with E-state index in [2.05, 4.69) is 25.1 Å². The minimum atomic E-state index is -0.350. The van der Waals surface area contributed by atoms with Crippen LogP contribution < -0.4 is 4.74 Å². The Morgan fingerprint density at radius 3 is 2.80 bits per heavy atom. The van der Waals surface area contributed by atoms with Crippen LogP contribution in [0.5, 0.6) is 5.75 Å². The van der Waals surface area contributed by atoms with Gasteiger partial charge in [-0.3, -0.25) is 0 Å². The summed E-state index contributed by atoms with van der Waals surface area (Å²) in [6.45, 7) is 2.07. The van der Waals surface area contributed by atoms with Crippen molar-refractivity contribution in [3.05, 3.63) is 29.3 Å². The van der Waals surface area contributed by atoms with Gasteiger partial charge in [-0.1, -0.05) is 11.6 Å². The summed E-state index contributed by atoms with van der Waals surface area (Å²) in [5.41, 5.74) is 2.10. The molecule has 1 heterocycles. The number of hydrogen-bond donors (Lipinski definition) is 1. The third-order valence-corrected chi connectivity index (χ3v) is 5.55. The molecular formula is C18H24O2. The lowest BCUT2D eigenvalue weighted by molar-refractivity contribution is -0.0544. The van der Waals surface area contributed by atoms with Gasteiger partial charge >= 0.3 is 0 Å². The quantitative estimate of drug-likeness (QED) is 0.832. The van der Waals surface area contributed by atoms with E-state index < -0.39 is 0 Å². The number of aliphatic hydroxyl groups is 1. The van der Waals surface area contributed by atoms with Crippen LogP contribution in [0.2, 0.25) is 0 Å². The summed E-state index contributed by atoms with van der Waals surface area (Å²) < 4.78 is 6.43. The average Bonchev–Trinajstić information content (AvgIpc) is 3.24. The predicted octanol–water partition coefficient (Wildman–Crippen LogP) is 4.15. The second-order valence-electron chi connectivity index (χ2n) is 7.24. The lowest BCUT2D eigenvalue weighted by atomic mass is 9.72. The van der Waals surface area contributed by atoms with Gasteiger partial charge < -0.3 is 9.84 Å². The molecule has 2 fully saturated rings. The fourth-order valence-electron chi connectivity index (χ4n) is 4.37. The first-order valence-electron chi connectivity index (χ1n) is 8.13. The topological polar surface area (TPSA) is 29.5 Å². The highest BCUT2D eigenvalue weighted by molar-refractivity contribution is 5.41. The summed E-state index contributed by atoms with van der Waals surface area (Å²) >= 11 is 0. The SMILES string of the molecule is Cc1ccc2c(c1)[C@H](O)CC1(CCCC(C3CC3)C1)O2. The zero-order chi connectivity index (χ0) is 13.7. The van der Waals surface area contributed by atoms with Crippen molar-refractivity contribution in [3.8, 4) is 5.75 Å². The summed E-state index contributed by atoms with van der Waals surface area (Å²) in [7, 11) is 0. The first kappa shape index (κ1) is 12.7. The first-order chi connectivity index (χ1) is 9.65. The van der Waals surface area contributed by atoms with Gasteiger partial charge in [0, 0.05) is 12.0 Å².